The van der Waals surface area contributed by atoms with Crippen molar-refractivity contribution in [1.82, 2.24) is 4.98 Å². The Labute approximate surface area is 139 Å². The number of pyridine rings is 1. The van der Waals surface area contributed by atoms with E-state index in [1.54, 1.807) is 0 Å². The quantitative estimate of drug-likeness (QED) is 0.449. The van der Waals surface area contributed by atoms with Gasteiger partial charge in [0.05, 0.1) is 11.0 Å². The molecule has 23 heavy (non-hydrogen) atoms. The number of fused-ring (bicyclic) bond motifs is 2. The molecular weight excluding hydrogens is 278 g/mol. The summed E-state index contributed by atoms with van der Waals surface area (Å²) in [5, 5.41) is 2.62. The molecule has 1 nitrogen and oxygen atoms in total. The van der Waals surface area contributed by atoms with Gasteiger partial charge >= 0.3 is 0 Å². The zero-order chi connectivity index (χ0) is 17.1. The summed E-state index contributed by atoms with van der Waals surface area (Å²) in [6.07, 6.45) is 0. The molecule has 1 aromatic heterocycles. The summed E-state index contributed by atoms with van der Waals surface area (Å²) in [6.45, 7) is 17.9. The molecule has 0 N–H and O–H groups in total. The molecule has 0 aliphatic carbocycles. The fourth-order valence-corrected chi connectivity index (χ4v) is 3.57. The van der Waals surface area contributed by atoms with Gasteiger partial charge in [0.2, 0.25) is 0 Å². The second-order valence-electron chi connectivity index (χ2n) is 8.03. The summed E-state index contributed by atoms with van der Waals surface area (Å²) in [5.74, 6) is 0. The van der Waals surface area contributed by atoms with Crippen LogP contribution in [0.3, 0.4) is 0 Å². The fraction of sp³-hybridized carbons (Fsp3) is 0.409. The number of rotatable bonds is 0. The Morgan fingerprint density at radius 2 is 1.26 bits per heavy atom. The van der Waals surface area contributed by atoms with Gasteiger partial charge in [-0.3, -0.25) is 0 Å². The molecule has 0 spiro atoms. The van der Waals surface area contributed by atoms with E-state index in [1.165, 1.54) is 44.2 Å². The SMILES string of the molecule is Cc1cc2nc3c(C)c(C)c(C)cc3c(C(C)(C)C)c2cc1C. The number of aryl methyl sites for hydroxylation is 4. The van der Waals surface area contributed by atoms with Crippen LogP contribution < -0.4 is 0 Å². The molecule has 2 aromatic carbocycles. The Kier molecular flexibility index (Phi) is 3.51. The van der Waals surface area contributed by atoms with E-state index in [2.05, 4.69) is 73.6 Å². The minimum absolute atomic E-state index is 0.0786. The van der Waals surface area contributed by atoms with Gasteiger partial charge in [0.1, 0.15) is 0 Å². The summed E-state index contributed by atoms with van der Waals surface area (Å²) >= 11 is 0. The van der Waals surface area contributed by atoms with E-state index < -0.39 is 0 Å². The molecule has 3 rings (SSSR count). The van der Waals surface area contributed by atoms with Crippen molar-refractivity contribution < 1.29 is 0 Å². The zero-order valence-corrected chi connectivity index (χ0v) is 15.7. The molecule has 120 valence electrons. The van der Waals surface area contributed by atoms with Crippen LogP contribution in [0, 0.1) is 34.6 Å². The normalized spacial score (nSPS) is 12.3. The Hall–Kier alpha value is -1.89. The van der Waals surface area contributed by atoms with Crippen molar-refractivity contribution in [3.63, 3.8) is 0 Å². The summed E-state index contributed by atoms with van der Waals surface area (Å²) in [7, 11) is 0. The van der Waals surface area contributed by atoms with Crippen molar-refractivity contribution in [2.24, 2.45) is 0 Å². The molecule has 1 heterocycles. The van der Waals surface area contributed by atoms with Crippen molar-refractivity contribution in [3.8, 4) is 0 Å². The first kappa shape index (κ1) is 16.0. The largest absolute Gasteiger partial charge is 0.247 e. The highest BCUT2D eigenvalue weighted by atomic mass is 14.7. The van der Waals surface area contributed by atoms with E-state index in [4.69, 9.17) is 4.98 Å². The van der Waals surface area contributed by atoms with E-state index >= 15 is 0 Å². The van der Waals surface area contributed by atoms with Gasteiger partial charge in [-0.1, -0.05) is 20.8 Å². The van der Waals surface area contributed by atoms with E-state index in [0.717, 1.165) is 11.0 Å². The third-order valence-corrected chi connectivity index (χ3v) is 5.26. The van der Waals surface area contributed by atoms with Crippen LogP contribution >= 0.6 is 0 Å². The minimum Gasteiger partial charge on any atom is -0.247 e. The van der Waals surface area contributed by atoms with E-state index in [1.807, 2.05) is 0 Å². The molecule has 0 aliphatic rings. The molecule has 0 atom stereocenters. The summed E-state index contributed by atoms with van der Waals surface area (Å²) in [6, 6.07) is 6.90. The Bertz CT molecular complexity index is 940. The standard InChI is InChI=1S/C22H27N/c1-12-9-17-19(11-13(12)2)23-21-16(5)15(4)14(3)10-18(21)20(17)22(6,7)8/h9-11H,1-8H3. The highest BCUT2D eigenvalue weighted by molar-refractivity contribution is 6.00. The molecule has 0 aliphatic heterocycles. The van der Waals surface area contributed by atoms with Crippen LogP contribution in [0.4, 0.5) is 0 Å². The fourth-order valence-electron chi connectivity index (χ4n) is 3.57. The molecule has 0 amide bonds. The molecule has 0 saturated carbocycles. The van der Waals surface area contributed by atoms with Gasteiger partial charge in [0, 0.05) is 10.8 Å². The molecule has 0 unspecified atom stereocenters. The summed E-state index contributed by atoms with van der Waals surface area (Å²) in [5.41, 5.74) is 10.5. The second kappa shape index (κ2) is 5.06. The van der Waals surface area contributed by atoms with Crippen molar-refractivity contribution in [2.75, 3.05) is 0 Å². The summed E-state index contributed by atoms with van der Waals surface area (Å²) < 4.78 is 0. The van der Waals surface area contributed by atoms with Gasteiger partial charge in [-0.25, -0.2) is 4.98 Å². The van der Waals surface area contributed by atoms with Gasteiger partial charge in [0.15, 0.2) is 0 Å². The van der Waals surface area contributed by atoms with Gasteiger partial charge in [-0.15, -0.1) is 0 Å². The van der Waals surface area contributed by atoms with E-state index in [9.17, 15) is 0 Å². The highest BCUT2D eigenvalue weighted by Gasteiger charge is 2.23. The van der Waals surface area contributed by atoms with Crippen LogP contribution in [0.15, 0.2) is 18.2 Å². The smallest absolute Gasteiger partial charge is 0.0744 e. The number of benzene rings is 2. The first-order valence-electron chi connectivity index (χ1n) is 8.43. The lowest BCUT2D eigenvalue weighted by molar-refractivity contribution is 0.601. The van der Waals surface area contributed by atoms with Crippen molar-refractivity contribution in [3.05, 3.63) is 51.6 Å². The van der Waals surface area contributed by atoms with Gasteiger partial charge in [-0.2, -0.15) is 0 Å². The van der Waals surface area contributed by atoms with Gasteiger partial charge in [-0.05, 0) is 91.6 Å². The average Bonchev–Trinajstić information content (AvgIpc) is 2.44. The number of hydrogen-bond acceptors (Lipinski definition) is 1. The maximum Gasteiger partial charge on any atom is 0.0744 e. The molecule has 0 fully saturated rings. The van der Waals surface area contributed by atoms with Crippen LogP contribution in [0.1, 0.15) is 54.2 Å². The molecule has 0 bridgehead atoms. The van der Waals surface area contributed by atoms with Crippen LogP contribution in [0.25, 0.3) is 21.8 Å². The molecule has 0 saturated heterocycles. The Morgan fingerprint density at radius 3 is 1.87 bits per heavy atom. The van der Waals surface area contributed by atoms with E-state index in [0.29, 0.717) is 0 Å². The van der Waals surface area contributed by atoms with Gasteiger partial charge < -0.3 is 0 Å². The average molecular weight is 305 g/mol. The van der Waals surface area contributed by atoms with E-state index in [-0.39, 0.29) is 5.41 Å². The zero-order valence-electron chi connectivity index (χ0n) is 15.7. The first-order chi connectivity index (χ1) is 10.6. The molecular formula is C22H27N. The predicted octanol–water partition coefficient (Wildman–Crippen LogP) is 6.23. The predicted molar refractivity (Wildman–Crippen MR) is 102 cm³/mol. The second-order valence-corrected chi connectivity index (χ2v) is 8.03. The maximum absolute atomic E-state index is 5.06. The van der Waals surface area contributed by atoms with Gasteiger partial charge in [0.25, 0.3) is 0 Å². The lowest BCUT2D eigenvalue weighted by Gasteiger charge is -2.25. The third-order valence-electron chi connectivity index (χ3n) is 5.26. The van der Waals surface area contributed by atoms with Crippen molar-refractivity contribution >= 4 is 21.8 Å². The molecule has 1 heteroatoms. The molecule has 0 radical (unpaired) electrons. The van der Waals surface area contributed by atoms with Crippen molar-refractivity contribution in [2.45, 2.75) is 60.8 Å². The lowest BCUT2D eigenvalue weighted by atomic mass is 9.80. The highest BCUT2D eigenvalue weighted by Crippen LogP contribution is 2.38. The van der Waals surface area contributed by atoms with Crippen LogP contribution in [0.5, 0.6) is 0 Å². The number of nitrogens with zero attached hydrogens (tertiary/aromatic N) is 1. The van der Waals surface area contributed by atoms with Crippen molar-refractivity contribution in [1.29, 1.82) is 0 Å². The Morgan fingerprint density at radius 1 is 0.696 bits per heavy atom. The van der Waals surface area contributed by atoms with Crippen LogP contribution in [0.2, 0.25) is 0 Å². The summed E-state index contributed by atoms with van der Waals surface area (Å²) in [4.78, 5) is 5.06. The Balaban J connectivity index is 2.65. The maximum atomic E-state index is 5.06. The lowest BCUT2D eigenvalue weighted by Crippen LogP contribution is -2.14. The van der Waals surface area contributed by atoms with Crippen LogP contribution in [-0.2, 0) is 5.41 Å². The molecule has 3 aromatic rings. The minimum atomic E-state index is 0.0786. The number of hydrogen-bond donors (Lipinski definition) is 0. The monoisotopic (exact) mass is 305 g/mol. The third kappa shape index (κ3) is 2.43. The van der Waals surface area contributed by atoms with Crippen LogP contribution in [-0.4, -0.2) is 4.98 Å². The first-order valence-corrected chi connectivity index (χ1v) is 8.43. The number of aromatic nitrogens is 1. The topological polar surface area (TPSA) is 12.9 Å².